The Kier molecular flexibility index (Phi) is 7.43. The van der Waals surface area contributed by atoms with Crippen molar-refractivity contribution in [1.82, 2.24) is 39.1 Å². The predicted molar refractivity (Wildman–Crippen MR) is 145 cm³/mol. The van der Waals surface area contributed by atoms with Gasteiger partial charge in [-0.25, -0.2) is 4.52 Å². The third-order valence-corrected chi connectivity index (χ3v) is 8.24. The minimum atomic E-state index is -4.83. The first kappa shape index (κ1) is 28.2. The van der Waals surface area contributed by atoms with Gasteiger partial charge in [0.2, 0.25) is 17.8 Å². The number of fused-ring (bicyclic) bond motifs is 3. The van der Waals surface area contributed by atoms with Crippen LogP contribution in [-0.4, -0.2) is 127 Å². The van der Waals surface area contributed by atoms with Crippen molar-refractivity contribution in [2.45, 2.75) is 50.2 Å². The number of likely N-dealkylation sites (N-methyl/N-ethyl adjacent to an activating group) is 1. The van der Waals surface area contributed by atoms with E-state index in [-0.39, 0.29) is 24.5 Å². The number of nitrogens with zero attached hydrogens (tertiary/aromatic N) is 9. The molecule has 3 unspecified atom stereocenters. The van der Waals surface area contributed by atoms with E-state index in [1.54, 1.807) is 27.8 Å². The van der Waals surface area contributed by atoms with E-state index in [1.807, 2.05) is 24.1 Å². The van der Waals surface area contributed by atoms with Crippen LogP contribution in [0.4, 0.5) is 30.5 Å². The van der Waals surface area contributed by atoms with Crippen molar-refractivity contribution >= 4 is 34.8 Å². The van der Waals surface area contributed by atoms with Crippen LogP contribution in [0.25, 0.3) is 5.65 Å². The van der Waals surface area contributed by atoms with Gasteiger partial charge in [0.15, 0.2) is 11.8 Å². The van der Waals surface area contributed by atoms with Crippen LogP contribution < -0.4 is 10.2 Å². The lowest BCUT2D eigenvalue weighted by Gasteiger charge is -2.42. The first-order chi connectivity index (χ1) is 20.0. The van der Waals surface area contributed by atoms with Crippen LogP contribution in [0.3, 0.4) is 0 Å². The van der Waals surface area contributed by atoms with E-state index in [0.29, 0.717) is 56.3 Å². The Bertz CT molecular complexity index is 1440. The lowest BCUT2D eigenvalue weighted by atomic mass is 10.1. The number of hydrogen-bond acceptors (Lipinski definition) is 9. The molecule has 2 bridgehead atoms. The minimum absolute atomic E-state index is 0.0144. The number of alkyl halides is 3. The van der Waals surface area contributed by atoms with Crippen molar-refractivity contribution in [3.05, 3.63) is 30.7 Å². The largest absolute Gasteiger partial charge is 0.414 e. The number of amides is 2. The number of aliphatic hydroxyl groups excluding tert-OH is 1. The molecular weight excluding hydrogens is 557 g/mol. The highest BCUT2D eigenvalue weighted by molar-refractivity contribution is 5.79. The quantitative estimate of drug-likeness (QED) is 0.413. The first-order valence-corrected chi connectivity index (χ1v) is 14.0. The Labute approximate surface area is 239 Å². The topological polar surface area (TPSA) is 127 Å². The van der Waals surface area contributed by atoms with Gasteiger partial charge in [0.25, 0.3) is 0 Å². The van der Waals surface area contributed by atoms with E-state index in [4.69, 9.17) is 0 Å². The van der Waals surface area contributed by atoms with Crippen LogP contribution in [0.2, 0.25) is 0 Å². The van der Waals surface area contributed by atoms with Crippen molar-refractivity contribution in [3.63, 3.8) is 0 Å². The SMILES string of the molecule is CN1CCN(C(=O)Cn2cc(Nc3nc4c(N5CC6CCC(C5)N6C(=O)CC(O)C(F)(F)F)cccn4n3)cn2)CC1. The lowest BCUT2D eigenvalue weighted by molar-refractivity contribution is -0.207. The summed E-state index contributed by atoms with van der Waals surface area (Å²) < 4.78 is 41.7. The minimum Gasteiger partial charge on any atom is -0.383 e. The summed E-state index contributed by atoms with van der Waals surface area (Å²) in [4.78, 5) is 37.6. The van der Waals surface area contributed by atoms with E-state index >= 15 is 0 Å². The summed E-state index contributed by atoms with van der Waals surface area (Å²) >= 11 is 0. The van der Waals surface area contributed by atoms with E-state index in [1.165, 1.54) is 4.90 Å². The smallest absolute Gasteiger partial charge is 0.383 e. The van der Waals surface area contributed by atoms with Gasteiger partial charge in [0.1, 0.15) is 6.54 Å². The molecule has 42 heavy (non-hydrogen) atoms. The summed E-state index contributed by atoms with van der Waals surface area (Å²) in [6, 6.07) is 3.23. The van der Waals surface area contributed by atoms with Gasteiger partial charge in [0, 0.05) is 63.7 Å². The fraction of sp³-hybridized carbons (Fsp3) is 0.577. The summed E-state index contributed by atoms with van der Waals surface area (Å²) in [5.74, 6) is -0.323. The second-order valence-corrected chi connectivity index (χ2v) is 11.2. The molecular formula is C26H33F3N10O3. The number of halogens is 3. The second-order valence-electron chi connectivity index (χ2n) is 11.2. The zero-order valence-corrected chi connectivity index (χ0v) is 23.1. The van der Waals surface area contributed by atoms with Crippen molar-refractivity contribution in [2.24, 2.45) is 0 Å². The number of rotatable bonds is 7. The van der Waals surface area contributed by atoms with Gasteiger partial charge >= 0.3 is 6.18 Å². The van der Waals surface area contributed by atoms with Gasteiger partial charge in [-0.05, 0) is 32.0 Å². The maximum Gasteiger partial charge on any atom is 0.414 e. The van der Waals surface area contributed by atoms with E-state index < -0.39 is 24.6 Å². The van der Waals surface area contributed by atoms with E-state index in [2.05, 4.69) is 30.3 Å². The highest BCUT2D eigenvalue weighted by Crippen LogP contribution is 2.35. The third-order valence-electron chi connectivity index (χ3n) is 8.24. The van der Waals surface area contributed by atoms with Gasteiger partial charge in [-0.2, -0.15) is 23.3 Å². The van der Waals surface area contributed by atoms with Gasteiger partial charge in [-0.15, -0.1) is 5.10 Å². The number of aromatic nitrogens is 5. The fourth-order valence-electron chi connectivity index (χ4n) is 6.02. The highest BCUT2D eigenvalue weighted by atomic mass is 19.4. The highest BCUT2D eigenvalue weighted by Gasteiger charge is 2.46. The van der Waals surface area contributed by atoms with Crippen LogP contribution >= 0.6 is 0 Å². The van der Waals surface area contributed by atoms with Gasteiger partial charge < -0.3 is 30.0 Å². The number of nitrogens with one attached hydrogen (secondary N) is 1. The fourth-order valence-corrected chi connectivity index (χ4v) is 6.02. The van der Waals surface area contributed by atoms with Crippen LogP contribution in [0, 0.1) is 0 Å². The number of aliphatic hydroxyl groups is 1. The molecule has 0 aromatic carbocycles. The molecule has 0 saturated carbocycles. The summed E-state index contributed by atoms with van der Waals surface area (Å²) in [5.41, 5.74) is 2.01. The van der Waals surface area contributed by atoms with Gasteiger partial charge in [-0.3, -0.25) is 14.3 Å². The molecule has 2 amide bonds. The summed E-state index contributed by atoms with van der Waals surface area (Å²) in [5, 5.41) is 21.4. The van der Waals surface area contributed by atoms with E-state index in [0.717, 1.165) is 18.8 Å². The first-order valence-electron chi connectivity index (χ1n) is 14.0. The third kappa shape index (κ3) is 5.72. The summed E-state index contributed by atoms with van der Waals surface area (Å²) in [6.07, 6.45) is -2.00. The van der Waals surface area contributed by atoms with Crippen LogP contribution in [0.1, 0.15) is 19.3 Å². The van der Waals surface area contributed by atoms with Crippen molar-refractivity contribution < 1.29 is 27.9 Å². The Morgan fingerprint density at radius 3 is 2.52 bits per heavy atom. The maximum atomic E-state index is 12.8. The predicted octanol–water partition coefficient (Wildman–Crippen LogP) is 0.936. The average Bonchev–Trinajstić information content (AvgIpc) is 3.63. The zero-order valence-electron chi connectivity index (χ0n) is 23.1. The Balaban J connectivity index is 1.11. The van der Waals surface area contributed by atoms with Crippen molar-refractivity contribution in [3.8, 4) is 0 Å². The number of piperazine rings is 2. The second kappa shape index (κ2) is 11.1. The molecule has 3 aliphatic heterocycles. The molecule has 3 aliphatic rings. The van der Waals surface area contributed by atoms with Crippen LogP contribution in [-0.2, 0) is 16.1 Å². The molecule has 0 aliphatic carbocycles. The number of carbonyl (C=O) groups excluding carboxylic acids is 2. The summed E-state index contributed by atoms with van der Waals surface area (Å²) in [7, 11) is 2.04. The number of hydrogen-bond donors (Lipinski definition) is 2. The zero-order chi connectivity index (χ0) is 29.6. The number of pyridine rings is 1. The lowest BCUT2D eigenvalue weighted by Crippen LogP contribution is -2.56. The molecule has 6 heterocycles. The molecule has 3 atom stereocenters. The average molecular weight is 591 g/mol. The number of anilines is 3. The number of carbonyl (C=O) groups is 2. The monoisotopic (exact) mass is 590 g/mol. The van der Waals surface area contributed by atoms with Crippen LogP contribution in [0.15, 0.2) is 30.7 Å². The standard InChI is InChI=1S/C26H33F3N10O3/c1-34-7-9-35(10-8-34)23(42)16-37-13-17(12-30-37)31-25-32-24-20(3-2-6-38(24)33-25)36-14-18-4-5-19(15-36)39(18)22(41)11-21(40)26(27,28)29/h2-3,6,12-13,18-19,21,40H,4-5,7-11,14-16H2,1H3,(H,31,33). The van der Waals surface area contributed by atoms with E-state index in [9.17, 15) is 27.9 Å². The molecule has 3 aromatic rings. The molecule has 2 N–H and O–H groups in total. The maximum absolute atomic E-state index is 12.8. The summed E-state index contributed by atoms with van der Waals surface area (Å²) in [6.45, 7) is 4.11. The van der Waals surface area contributed by atoms with Gasteiger partial charge in [-0.1, -0.05) is 0 Å². The van der Waals surface area contributed by atoms with Crippen molar-refractivity contribution in [1.29, 1.82) is 0 Å². The molecule has 6 rings (SSSR count). The molecule has 226 valence electrons. The van der Waals surface area contributed by atoms with Crippen molar-refractivity contribution in [2.75, 3.05) is 56.5 Å². The Morgan fingerprint density at radius 2 is 1.83 bits per heavy atom. The molecule has 0 radical (unpaired) electrons. The Morgan fingerprint density at radius 1 is 1.12 bits per heavy atom. The molecule has 0 spiro atoms. The normalized spacial score (nSPS) is 22.2. The molecule has 3 aromatic heterocycles. The molecule has 3 fully saturated rings. The van der Waals surface area contributed by atoms with Gasteiger partial charge in [0.05, 0.1) is 24.0 Å². The van der Waals surface area contributed by atoms with Crippen LogP contribution in [0.5, 0.6) is 0 Å². The Hall–Kier alpha value is -3.92. The molecule has 13 nitrogen and oxygen atoms in total. The molecule has 16 heteroatoms. The molecule has 3 saturated heterocycles.